The Labute approximate surface area is 234 Å². The molecule has 226 valence electrons. The topological polar surface area (TPSA) is 126 Å². The predicted molar refractivity (Wildman–Crippen MR) is 136 cm³/mol. The van der Waals surface area contributed by atoms with E-state index in [0.29, 0.717) is 6.04 Å². The summed E-state index contributed by atoms with van der Waals surface area (Å²) in [5, 5.41) is 18.7. The van der Waals surface area contributed by atoms with Crippen molar-refractivity contribution >= 4 is 17.5 Å². The Morgan fingerprint density at radius 3 is 2.19 bits per heavy atom. The number of aryl methyl sites for hydroxylation is 1. The molecule has 16 heteroatoms. The van der Waals surface area contributed by atoms with Crippen molar-refractivity contribution in [1.29, 1.82) is 0 Å². The molecule has 1 atom stereocenters. The summed E-state index contributed by atoms with van der Waals surface area (Å²) >= 11 is 0. The van der Waals surface area contributed by atoms with Gasteiger partial charge in [0.25, 0.3) is 0 Å². The Morgan fingerprint density at radius 1 is 0.976 bits per heavy atom. The molecule has 0 aromatic carbocycles. The quantitative estimate of drug-likeness (QED) is 0.299. The molecular weight excluding hydrogens is 574 g/mol. The van der Waals surface area contributed by atoms with Gasteiger partial charge < -0.3 is 14.6 Å². The van der Waals surface area contributed by atoms with Gasteiger partial charge in [0.05, 0.1) is 29.8 Å². The lowest BCUT2D eigenvalue weighted by molar-refractivity contribution is -0.193. The van der Waals surface area contributed by atoms with Crippen LogP contribution in [-0.2, 0) is 22.7 Å². The van der Waals surface area contributed by atoms with Gasteiger partial charge in [0.15, 0.2) is 0 Å². The SMILES string of the molecule is CCn1cc(CN2CCCC2c2ncn3cc(-c4cccnc4)ccc23)cn1.O=C(O)C(F)(F)F.O=C(O)C(F)(F)F. The van der Waals surface area contributed by atoms with Crippen molar-refractivity contribution in [3.05, 3.63) is 72.8 Å². The van der Waals surface area contributed by atoms with Crippen molar-refractivity contribution < 1.29 is 46.1 Å². The number of pyridine rings is 2. The summed E-state index contributed by atoms with van der Waals surface area (Å²) in [5.41, 5.74) is 5.91. The van der Waals surface area contributed by atoms with E-state index in [0.717, 1.165) is 37.2 Å². The molecule has 10 nitrogen and oxygen atoms in total. The number of aliphatic carboxylic acids is 2. The third kappa shape index (κ3) is 8.52. The van der Waals surface area contributed by atoms with E-state index in [2.05, 4.69) is 56.9 Å². The number of hydrogen-bond acceptors (Lipinski definition) is 6. The molecule has 5 heterocycles. The molecule has 0 saturated carbocycles. The molecule has 1 aliphatic rings. The Hall–Kier alpha value is -4.47. The highest BCUT2D eigenvalue weighted by Gasteiger charge is 2.39. The fourth-order valence-electron chi connectivity index (χ4n) is 4.20. The van der Waals surface area contributed by atoms with Crippen LogP contribution in [0.3, 0.4) is 0 Å². The molecule has 42 heavy (non-hydrogen) atoms. The monoisotopic (exact) mass is 600 g/mol. The zero-order valence-corrected chi connectivity index (χ0v) is 22.0. The zero-order valence-electron chi connectivity index (χ0n) is 22.0. The highest BCUT2D eigenvalue weighted by atomic mass is 19.4. The molecule has 4 aromatic heterocycles. The Balaban J connectivity index is 0.000000289. The first-order chi connectivity index (χ1) is 19.7. The maximum absolute atomic E-state index is 10.6. The number of likely N-dealkylation sites (tertiary alicyclic amines) is 1. The van der Waals surface area contributed by atoms with Crippen molar-refractivity contribution in [3.63, 3.8) is 0 Å². The van der Waals surface area contributed by atoms with E-state index in [9.17, 15) is 26.3 Å². The molecule has 5 rings (SSSR count). The van der Waals surface area contributed by atoms with E-state index >= 15 is 0 Å². The van der Waals surface area contributed by atoms with E-state index in [-0.39, 0.29) is 0 Å². The van der Waals surface area contributed by atoms with Crippen LogP contribution in [0.2, 0.25) is 0 Å². The minimum Gasteiger partial charge on any atom is -0.475 e. The van der Waals surface area contributed by atoms with Crippen LogP contribution < -0.4 is 0 Å². The van der Waals surface area contributed by atoms with Crippen molar-refractivity contribution in [2.75, 3.05) is 6.54 Å². The van der Waals surface area contributed by atoms with Gasteiger partial charge in [-0.25, -0.2) is 14.6 Å². The molecule has 0 amide bonds. The molecule has 1 unspecified atom stereocenters. The second-order valence-electron chi connectivity index (χ2n) is 9.02. The van der Waals surface area contributed by atoms with Gasteiger partial charge in [-0.2, -0.15) is 31.4 Å². The number of carbonyl (C=O) groups is 2. The van der Waals surface area contributed by atoms with Crippen LogP contribution >= 0.6 is 0 Å². The number of fused-ring (bicyclic) bond motifs is 1. The second-order valence-corrected chi connectivity index (χ2v) is 9.02. The van der Waals surface area contributed by atoms with E-state index < -0.39 is 24.3 Å². The standard InChI is InChI=1S/C22H24N6.2C2HF3O2/c1-2-28-14-17(11-25-28)13-26-10-4-6-20(26)22-21-8-7-19(15-27(21)16-24-22)18-5-3-9-23-12-18;2*3-2(4,5)1(6)7/h3,5,7-9,11-12,14-16,20H,2,4,6,10,13H2,1H3;2*(H,6,7). The van der Waals surface area contributed by atoms with Gasteiger partial charge in [0.2, 0.25) is 0 Å². The Bertz CT molecular complexity index is 1460. The summed E-state index contributed by atoms with van der Waals surface area (Å²) in [4.78, 5) is 29.4. The average molecular weight is 601 g/mol. The molecule has 1 aliphatic heterocycles. The summed E-state index contributed by atoms with van der Waals surface area (Å²) in [7, 11) is 0. The van der Waals surface area contributed by atoms with Crippen molar-refractivity contribution in [2.45, 2.75) is 51.2 Å². The van der Waals surface area contributed by atoms with E-state index in [1.807, 2.05) is 29.5 Å². The Kier molecular flexibility index (Phi) is 10.3. The zero-order chi connectivity index (χ0) is 31.1. The summed E-state index contributed by atoms with van der Waals surface area (Å²) in [5.74, 6) is -5.51. The van der Waals surface area contributed by atoms with Gasteiger partial charge in [-0.1, -0.05) is 12.1 Å². The van der Waals surface area contributed by atoms with E-state index in [4.69, 9.17) is 24.8 Å². The molecule has 0 spiro atoms. The number of rotatable bonds is 5. The minimum atomic E-state index is -5.08. The summed E-state index contributed by atoms with van der Waals surface area (Å²) in [6.45, 7) is 5.06. The minimum absolute atomic E-state index is 0.360. The second kappa shape index (κ2) is 13.5. The lowest BCUT2D eigenvalue weighted by Crippen LogP contribution is -2.23. The molecule has 4 aromatic rings. The molecule has 1 saturated heterocycles. The molecule has 0 radical (unpaired) electrons. The molecule has 0 bridgehead atoms. The smallest absolute Gasteiger partial charge is 0.475 e. The number of carboxylic acids is 2. The van der Waals surface area contributed by atoms with Crippen LogP contribution in [0.15, 0.2) is 61.6 Å². The summed E-state index contributed by atoms with van der Waals surface area (Å²) in [6.07, 6.45) is 4.12. The molecular formula is C26H26F6N6O4. The van der Waals surface area contributed by atoms with Gasteiger partial charge >= 0.3 is 24.3 Å². The number of carboxylic acid groups (broad SMARTS) is 2. The Morgan fingerprint density at radius 2 is 1.64 bits per heavy atom. The maximum Gasteiger partial charge on any atom is 0.490 e. The van der Waals surface area contributed by atoms with Gasteiger partial charge in [0.1, 0.15) is 0 Å². The van der Waals surface area contributed by atoms with Gasteiger partial charge in [-0.15, -0.1) is 0 Å². The number of alkyl halides is 6. The van der Waals surface area contributed by atoms with Crippen LogP contribution in [0.5, 0.6) is 0 Å². The lowest BCUT2D eigenvalue weighted by Gasteiger charge is -2.22. The predicted octanol–water partition coefficient (Wildman–Crippen LogP) is 5.22. The number of halogens is 6. The van der Waals surface area contributed by atoms with Crippen LogP contribution in [0.1, 0.15) is 37.1 Å². The maximum atomic E-state index is 10.6. The van der Waals surface area contributed by atoms with Gasteiger partial charge in [0, 0.05) is 49.0 Å². The summed E-state index contributed by atoms with van der Waals surface area (Å²) in [6, 6.07) is 8.77. The molecule has 1 fully saturated rings. The average Bonchev–Trinajstić information content (AvgIpc) is 3.68. The first-order valence-corrected chi connectivity index (χ1v) is 12.4. The van der Waals surface area contributed by atoms with Gasteiger partial charge in [-0.05, 0) is 44.0 Å². The van der Waals surface area contributed by atoms with E-state index in [1.54, 1.807) is 6.20 Å². The third-order valence-electron chi connectivity index (χ3n) is 6.12. The third-order valence-corrected chi connectivity index (χ3v) is 6.12. The highest BCUT2D eigenvalue weighted by molar-refractivity contribution is 5.73. The summed E-state index contributed by atoms with van der Waals surface area (Å²) < 4.78 is 67.6. The molecule has 2 N–H and O–H groups in total. The number of imidazole rings is 1. The van der Waals surface area contributed by atoms with E-state index in [1.165, 1.54) is 23.2 Å². The largest absolute Gasteiger partial charge is 0.490 e. The highest BCUT2D eigenvalue weighted by Crippen LogP contribution is 2.35. The van der Waals surface area contributed by atoms with Gasteiger partial charge in [-0.3, -0.25) is 14.6 Å². The lowest BCUT2D eigenvalue weighted by atomic mass is 10.1. The number of aromatic nitrogens is 5. The van der Waals surface area contributed by atoms with Crippen LogP contribution in [-0.4, -0.2) is 70.1 Å². The van der Waals surface area contributed by atoms with Crippen molar-refractivity contribution in [3.8, 4) is 11.1 Å². The number of nitrogens with zero attached hydrogens (tertiary/aromatic N) is 6. The van der Waals surface area contributed by atoms with Crippen LogP contribution in [0.25, 0.3) is 16.6 Å². The van der Waals surface area contributed by atoms with Crippen molar-refractivity contribution in [2.24, 2.45) is 0 Å². The van der Waals surface area contributed by atoms with Crippen LogP contribution in [0.4, 0.5) is 26.3 Å². The van der Waals surface area contributed by atoms with Crippen molar-refractivity contribution in [1.82, 2.24) is 29.0 Å². The first-order valence-electron chi connectivity index (χ1n) is 12.4. The first kappa shape index (κ1) is 32.0. The fraction of sp³-hybridized carbons (Fsp3) is 0.346. The van der Waals surface area contributed by atoms with Crippen LogP contribution in [0, 0.1) is 0 Å². The normalized spacial score (nSPS) is 15.5. The fourth-order valence-corrected chi connectivity index (χ4v) is 4.20. The molecule has 0 aliphatic carbocycles. The number of hydrogen-bond donors (Lipinski definition) is 2.